The summed E-state index contributed by atoms with van der Waals surface area (Å²) < 4.78 is 0. The number of carbonyl (C=O) groups is 1. The lowest BCUT2D eigenvalue weighted by Crippen LogP contribution is -2.35. The third-order valence-electron chi connectivity index (χ3n) is 2.91. The maximum atomic E-state index is 12.1. The second kappa shape index (κ2) is 4.76. The van der Waals surface area contributed by atoms with E-state index in [1.165, 1.54) is 6.33 Å². The van der Waals surface area contributed by atoms with E-state index in [9.17, 15) is 4.79 Å². The van der Waals surface area contributed by atoms with Gasteiger partial charge in [0.1, 0.15) is 12.0 Å². The largest absolute Gasteiger partial charge is 0.320 e. The lowest BCUT2D eigenvalue weighted by atomic mass is 9.89. The number of carbonyl (C=O) groups excluding carboxylic acids is 1. The first kappa shape index (κ1) is 12.5. The van der Waals surface area contributed by atoms with Crippen LogP contribution in [0.15, 0.2) is 6.33 Å². The van der Waals surface area contributed by atoms with Gasteiger partial charge in [0, 0.05) is 6.54 Å². The zero-order valence-electron chi connectivity index (χ0n) is 9.26. The molecule has 0 radical (unpaired) electrons. The Labute approximate surface area is 109 Å². The topological polar surface area (TPSA) is 66.9 Å². The molecule has 1 unspecified atom stereocenters. The maximum Gasteiger partial charge on any atom is 0.231 e. The molecule has 1 atom stereocenters. The molecule has 1 aromatic rings. The molecular weight excluding hydrogens is 263 g/mol. The van der Waals surface area contributed by atoms with Crippen molar-refractivity contribution in [2.75, 3.05) is 18.4 Å². The van der Waals surface area contributed by atoms with E-state index < -0.39 is 5.41 Å². The van der Waals surface area contributed by atoms with Crippen LogP contribution in [-0.2, 0) is 4.79 Å². The summed E-state index contributed by atoms with van der Waals surface area (Å²) >= 11 is 11.7. The van der Waals surface area contributed by atoms with E-state index >= 15 is 0 Å². The van der Waals surface area contributed by atoms with Crippen LogP contribution in [0.25, 0.3) is 0 Å². The van der Waals surface area contributed by atoms with Crippen molar-refractivity contribution in [1.29, 1.82) is 0 Å². The first-order valence-corrected chi connectivity index (χ1v) is 5.97. The summed E-state index contributed by atoms with van der Waals surface area (Å²) in [5, 5.41) is 6.14. The minimum Gasteiger partial charge on any atom is -0.320 e. The van der Waals surface area contributed by atoms with Gasteiger partial charge < -0.3 is 10.6 Å². The van der Waals surface area contributed by atoms with Gasteiger partial charge in [-0.3, -0.25) is 4.79 Å². The molecule has 1 aliphatic rings. The van der Waals surface area contributed by atoms with Gasteiger partial charge >= 0.3 is 0 Å². The maximum absolute atomic E-state index is 12.1. The molecule has 0 aliphatic carbocycles. The van der Waals surface area contributed by atoms with Crippen molar-refractivity contribution in [1.82, 2.24) is 15.3 Å². The molecule has 0 bridgehead atoms. The second-order valence-electron chi connectivity index (χ2n) is 4.27. The van der Waals surface area contributed by atoms with Crippen LogP contribution in [-0.4, -0.2) is 29.0 Å². The Morgan fingerprint density at radius 1 is 1.47 bits per heavy atom. The molecule has 92 valence electrons. The number of nitrogens with zero attached hydrogens (tertiary/aromatic N) is 2. The molecule has 0 aromatic carbocycles. The van der Waals surface area contributed by atoms with E-state index in [2.05, 4.69) is 20.6 Å². The van der Waals surface area contributed by atoms with Crippen LogP contribution in [0.2, 0.25) is 10.3 Å². The van der Waals surface area contributed by atoms with E-state index in [4.69, 9.17) is 23.2 Å². The number of halogens is 2. The minimum atomic E-state index is -0.442. The number of nitrogens with one attached hydrogen (secondary N) is 2. The number of anilines is 1. The predicted molar refractivity (Wildman–Crippen MR) is 66.3 cm³/mol. The van der Waals surface area contributed by atoms with Crippen LogP contribution in [0, 0.1) is 5.41 Å². The van der Waals surface area contributed by atoms with Crippen molar-refractivity contribution in [2.45, 2.75) is 13.3 Å². The molecule has 2 N–H and O–H groups in total. The summed E-state index contributed by atoms with van der Waals surface area (Å²) in [4.78, 5) is 19.7. The standard InChI is InChI=1S/C10H12Cl2N4O/c1-10(2-3-13-4-10)9(17)16-6-7(11)14-5-15-8(6)12/h5,13H,2-4H2,1H3,(H,16,17). The van der Waals surface area contributed by atoms with Crippen LogP contribution in [0.3, 0.4) is 0 Å². The van der Waals surface area contributed by atoms with Gasteiger partial charge in [-0.1, -0.05) is 23.2 Å². The predicted octanol–water partition coefficient (Wildman–Crippen LogP) is 1.72. The average molecular weight is 275 g/mol. The smallest absolute Gasteiger partial charge is 0.231 e. The van der Waals surface area contributed by atoms with Crippen molar-refractivity contribution >= 4 is 34.8 Å². The lowest BCUT2D eigenvalue weighted by molar-refractivity contribution is -0.123. The van der Waals surface area contributed by atoms with E-state index in [0.717, 1.165) is 13.0 Å². The van der Waals surface area contributed by atoms with E-state index in [1.807, 2.05) is 6.92 Å². The Morgan fingerprint density at radius 2 is 2.12 bits per heavy atom. The highest BCUT2D eigenvalue weighted by molar-refractivity contribution is 6.38. The van der Waals surface area contributed by atoms with Gasteiger partial charge in [-0.15, -0.1) is 0 Å². The van der Waals surface area contributed by atoms with Gasteiger partial charge in [-0.2, -0.15) is 0 Å². The second-order valence-corrected chi connectivity index (χ2v) is 4.99. The van der Waals surface area contributed by atoms with Gasteiger partial charge in [0.2, 0.25) is 5.91 Å². The molecule has 1 aliphatic heterocycles. The molecule has 17 heavy (non-hydrogen) atoms. The summed E-state index contributed by atoms with van der Waals surface area (Å²) in [5.74, 6) is -0.124. The van der Waals surface area contributed by atoms with E-state index in [0.29, 0.717) is 6.54 Å². The van der Waals surface area contributed by atoms with Gasteiger partial charge in [0.15, 0.2) is 10.3 Å². The van der Waals surface area contributed by atoms with Gasteiger partial charge in [0.25, 0.3) is 0 Å². The highest BCUT2D eigenvalue weighted by atomic mass is 35.5. The van der Waals surface area contributed by atoms with Crippen molar-refractivity contribution in [3.8, 4) is 0 Å². The van der Waals surface area contributed by atoms with Crippen molar-refractivity contribution < 1.29 is 4.79 Å². The van der Waals surface area contributed by atoms with Crippen molar-refractivity contribution in [2.24, 2.45) is 5.41 Å². The fraction of sp³-hybridized carbons (Fsp3) is 0.500. The Balaban J connectivity index is 2.18. The van der Waals surface area contributed by atoms with Crippen molar-refractivity contribution in [3.63, 3.8) is 0 Å². The normalized spacial score (nSPS) is 23.7. The summed E-state index contributed by atoms with van der Waals surface area (Å²) in [6.07, 6.45) is 2.03. The lowest BCUT2D eigenvalue weighted by Gasteiger charge is -2.21. The number of rotatable bonds is 2. The van der Waals surface area contributed by atoms with Crippen molar-refractivity contribution in [3.05, 3.63) is 16.6 Å². The molecule has 1 fully saturated rings. The Hall–Kier alpha value is -0.910. The highest BCUT2D eigenvalue weighted by Gasteiger charge is 2.36. The molecule has 1 saturated heterocycles. The first-order valence-electron chi connectivity index (χ1n) is 5.21. The van der Waals surface area contributed by atoms with E-state index in [-0.39, 0.29) is 21.9 Å². The minimum absolute atomic E-state index is 0.124. The van der Waals surface area contributed by atoms with Crippen LogP contribution in [0.5, 0.6) is 0 Å². The highest BCUT2D eigenvalue weighted by Crippen LogP contribution is 2.30. The molecule has 7 heteroatoms. The molecule has 5 nitrogen and oxygen atoms in total. The molecule has 2 heterocycles. The molecule has 0 saturated carbocycles. The SMILES string of the molecule is CC1(C(=O)Nc2c(Cl)ncnc2Cl)CCNC1. The Bertz CT molecular complexity index is 426. The Kier molecular flexibility index (Phi) is 3.51. The molecule has 1 amide bonds. The molecule has 1 aromatic heterocycles. The fourth-order valence-corrected chi connectivity index (χ4v) is 2.13. The van der Waals surface area contributed by atoms with Gasteiger partial charge in [0.05, 0.1) is 5.41 Å². The number of hydrogen-bond donors (Lipinski definition) is 2. The summed E-state index contributed by atoms with van der Waals surface area (Å²) in [6, 6.07) is 0. The number of amides is 1. The molecular formula is C10H12Cl2N4O. The Morgan fingerprint density at radius 3 is 2.65 bits per heavy atom. The van der Waals surface area contributed by atoms with Gasteiger partial charge in [-0.25, -0.2) is 9.97 Å². The average Bonchev–Trinajstić information content (AvgIpc) is 2.72. The van der Waals surface area contributed by atoms with Crippen LogP contribution in [0.4, 0.5) is 5.69 Å². The first-order chi connectivity index (χ1) is 8.03. The zero-order chi connectivity index (χ0) is 12.5. The fourth-order valence-electron chi connectivity index (χ4n) is 1.72. The quantitative estimate of drug-likeness (QED) is 0.806. The molecule has 0 spiro atoms. The van der Waals surface area contributed by atoms with Crippen LogP contribution < -0.4 is 10.6 Å². The molecule has 2 rings (SSSR count). The monoisotopic (exact) mass is 274 g/mol. The number of aromatic nitrogens is 2. The zero-order valence-corrected chi connectivity index (χ0v) is 10.8. The van der Waals surface area contributed by atoms with Crippen LogP contribution in [0.1, 0.15) is 13.3 Å². The third kappa shape index (κ3) is 2.51. The van der Waals surface area contributed by atoms with Gasteiger partial charge in [-0.05, 0) is 19.9 Å². The summed E-state index contributed by atoms with van der Waals surface area (Å²) in [7, 11) is 0. The van der Waals surface area contributed by atoms with Crippen LogP contribution >= 0.6 is 23.2 Å². The third-order valence-corrected chi connectivity index (χ3v) is 3.48. The summed E-state index contributed by atoms with van der Waals surface area (Å²) in [6.45, 7) is 3.37. The summed E-state index contributed by atoms with van der Waals surface area (Å²) in [5.41, 5.74) is -0.170. The van der Waals surface area contributed by atoms with E-state index in [1.54, 1.807) is 0 Å². The number of hydrogen-bond acceptors (Lipinski definition) is 4.